The van der Waals surface area contributed by atoms with E-state index in [9.17, 15) is 4.79 Å². The number of nitrogens with two attached hydrogens (primary N) is 1. The fourth-order valence-corrected chi connectivity index (χ4v) is 2.86. The van der Waals surface area contributed by atoms with Gasteiger partial charge in [0, 0.05) is 50.1 Å². The smallest absolute Gasteiger partial charge is 0.241 e. The monoisotopic (exact) mass is 409 g/mol. The molecule has 0 aromatic heterocycles. The van der Waals surface area contributed by atoms with Gasteiger partial charge in [-0.3, -0.25) is 4.79 Å². The number of piperidine rings is 1. The first-order chi connectivity index (χ1) is 11.6. The zero-order valence-corrected chi connectivity index (χ0v) is 17.0. The number of nitrogens with zero attached hydrogens (tertiary/aromatic N) is 1. The second-order valence-electron chi connectivity index (χ2n) is 5.91. The molecule has 1 unspecified atom stereocenters. The summed E-state index contributed by atoms with van der Waals surface area (Å²) in [7, 11) is 4.81. The average molecular weight is 410 g/mol. The molecule has 1 aromatic rings. The lowest BCUT2D eigenvalue weighted by atomic mass is 10.0. The number of nitrogens with one attached hydrogen (secondary N) is 1. The maximum atomic E-state index is 12.2. The minimum Gasteiger partial charge on any atom is -0.497 e. The van der Waals surface area contributed by atoms with Crippen LogP contribution in [-0.4, -0.2) is 63.9 Å². The summed E-state index contributed by atoms with van der Waals surface area (Å²) in [4.78, 5) is 14.0. The van der Waals surface area contributed by atoms with Gasteiger partial charge < -0.3 is 30.2 Å². The van der Waals surface area contributed by atoms with E-state index in [2.05, 4.69) is 5.32 Å². The maximum absolute atomic E-state index is 12.2. The van der Waals surface area contributed by atoms with Crippen LogP contribution in [0.5, 0.6) is 11.5 Å². The van der Waals surface area contributed by atoms with Crippen molar-refractivity contribution in [1.29, 1.82) is 0 Å². The SMILES string of the molecule is COCC(N)C(=O)N1CCC(Nc2cc(OC)cc(OC)c2)CC1.Cl.Cl. The van der Waals surface area contributed by atoms with Gasteiger partial charge in [0.2, 0.25) is 5.91 Å². The minimum absolute atomic E-state index is 0. The number of carbonyl (C=O) groups excluding carboxylic acids is 1. The van der Waals surface area contributed by atoms with Crippen LogP contribution in [0.2, 0.25) is 0 Å². The zero-order chi connectivity index (χ0) is 17.5. The fourth-order valence-electron chi connectivity index (χ4n) is 2.86. The molecule has 2 rings (SSSR count). The number of methoxy groups -OCH3 is 3. The quantitative estimate of drug-likeness (QED) is 0.715. The van der Waals surface area contributed by atoms with Crippen molar-refractivity contribution in [1.82, 2.24) is 4.90 Å². The molecule has 1 amide bonds. The molecule has 1 heterocycles. The third-order valence-electron chi connectivity index (χ3n) is 4.19. The lowest BCUT2D eigenvalue weighted by Gasteiger charge is -2.34. The van der Waals surface area contributed by atoms with Gasteiger partial charge in [-0.05, 0) is 12.8 Å². The third kappa shape index (κ3) is 6.72. The molecule has 1 atom stereocenters. The summed E-state index contributed by atoms with van der Waals surface area (Å²) in [6, 6.07) is 5.43. The molecule has 1 aromatic carbocycles. The van der Waals surface area contributed by atoms with Crippen molar-refractivity contribution < 1.29 is 19.0 Å². The van der Waals surface area contributed by atoms with Gasteiger partial charge in [0.05, 0.1) is 20.8 Å². The van der Waals surface area contributed by atoms with Crippen molar-refractivity contribution in [3.8, 4) is 11.5 Å². The number of benzene rings is 1. The van der Waals surface area contributed by atoms with Gasteiger partial charge in [-0.2, -0.15) is 0 Å². The van der Waals surface area contributed by atoms with Crippen molar-refractivity contribution >= 4 is 36.4 Å². The number of rotatable bonds is 7. The van der Waals surface area contributed by atoms with Crippen LogP contribution in [0.4, 0.5) is 5.69 Å². The Morgan fingerprint density at radius 2 is 1.69 bits per heavy atom. The predicted octanol–water partition coefficient (Wildman–Crippen LogP) is 1.92. The van der Waals surface area contributed by atoms with Crippen molar-refractivity contribution in [2.45, 2.75) is 24.9 Å². The molecule has 150 valence electrons. The molecule has 1 aliphatic heterocycles. The number of hydrogen-bond acceptors (Lipinski definition) is 6. The van der Waals surface area contributed by atoms with Crippen LogP contribution in [0.25, 0.3) is 0 Å². The van der Waals surface area contributed by atoms with Crippen molar-refractivity contribution in [2.24, 2.45) is 5.73 Å². The first kappa shape index (κ1) is 24.6. The van der Waals surface area contributed by atoms with Crippen molar-refractivity contribution in [2.75, 3.05) is 46.3 Å². The Morgan fingerprint density at radius 3 is 2.15 bits per heavy atom. The number of hydrogen-bond donors (Lipinski definition) is 2. The summed E-state index contributed by atoms with van der Waals surface area (Å²) in [6.07, 6.45) is 1.73. The normalized spacial score (nSPS) is 15.3. The van der Waals surface area contributed by atoms with Gasteiger partial charge in [-0.1, -0.05) is 0 Å². The topological polar surface area (TPSA) is 86.1 Å². The summed E-state index contributed by atoms with van der Waals surface area (Å²) in [5, 5.41) is 3.49. The van der Waals surface area contributed by atoms with Gasteiger partial charge in [0.1, 0.15) is 17.5 Å². The number of amides is 1. The molecule has 1 saturated heterocycles. The highest BCUT2D eigenvalue weighted by Gasteiger charge is 2.26. The molecule has 3 N–H and O–H groups in total. The number of halogens is 2. The van der Waals surface area contributed by atoms with E-state index in [4.69, 9.17) is 19.9 Å². The summed E-state index contributed by atoms with van der Waals surface area (Å²) < 4.78 is 15.5. The predicted molar refractivity (Wildman–Crippen MR) is 107 cm³/mol. The number of anilines is 1. The Morgan fingerprint density at radius 1 is 1.15 bits per heavy atom. The average Bonchev–Trinajstić information content (AvgIpc) is 2.61. The molecular formula is C17H29Cl2N3O4. The molecular weight excluding hydrogens is 381 g/mol. The Bertz CT molecular complexity index is 533. The molecule has 0 radical (unpaired) electrons. The van der Waals surface area contributed by atoms with Crippen LogP contribution in [0.15, 0.2) is 18.2 Å². The van der Waals surface area contributed by atoms with Crippen LogP contribution < -0.4 is 20.5 Å². The Kier molecular flexibility index (Phi) is 11.4. The summed E-state index contributed by atoms with van der Waals surface area (Å²) >= 11 is 0. The first-order valence-electron chi connectivity index (χ1n) is 8.10. The number of ether oxygens (including phenoxy) is 3. The Labute approximate surface area is 167 Å². The lowest BCUT2D eigenvalue weighted by Crippen LogP contribution is -2.50. The van der Waals surface area contributed by atoms with Gasteiger partial charge in [0.15, 0.2) is 0 Å². The summed E-state index contributed by atoms with van der Waals surface area (Å²) in [5.41, 5.74) is 6.77. The second-order valence-corrected chi connectivity index (χ2v) is 5.91. The molecule has 26 heavy (non-hydrogen) atoms. The number of carbonyl (C=O) groups is 1. The third-order valence-corrected chi connectivity index (χ3v) is 4.19. The van der Waals surface area contributed by atoms with Crippen molar-refractivity contribution in [3.63, 3.8) is 0 Å². The fraction of sp³-hybridized carbons (Fsp3) is 0.588. The Hall–Kier alpha value is -1.41. The van der Waals surface area contributed by atoms with E-state index in [1.165, 1.54) is 0 Å². The van der Waals surface area contributed by atoms with Gasteiger partial charge >= 0.3 is 0 Å². The first-order valence-corrected chi connectivity index (χ1v) is 8.10. The maximum Gasteiger partial charge on any atom is 0.241 e. The van der Waals surface area contributed by atoms with Crippen LogP contribution >= 0.6 is 24.8 Å². The largest absolute Gasteiger partial charge is 0.497 e. The molecule has 1 aliphatic rings. The van der Waals surface area contributed by atoms with Crippen LogP contribution in [0.1, 0.15) is 12.8 Å². The highest BCUT2D eigenvalue weighted by Crippen LogP contribution is 2.27. The summed E-state index contributed by atoms with van der Waals surface area (Å²) in [5.74, 6) is 1.45. The molecule has 9 heteroatoms. The zero-order valence-electron chi connectivity index (χ0n) is 15.4. The molecule has 1 fully saturated rings. The van der Waals surface area contributed by atoms with Gasteiger partial charge in [0.25, 0.3) is 0 Å². The van der Waals surface area contributed by atoms with Crippen LogP contribution in [-0.2, 0) is 9.53 Å². The lowest BCUT2D eigenvalue weighted by molar-refractivity contribution is -0.134. The highest BCUT2D eigenvalue weighted by atomic mass is 35.5. The molecule has 7 nitrogen and oxygen atoms in total. The van der Waals surface area contributed by atoms with E-state index in [1.54, 1.807) is 21.3 Å². The van der Waals surface area contributed by atoms with E-state index in [0.29, 0.717) is 19.1 Å². The highest BCUT2D eigenvalue weighted by molar-refractivity contribution is 5.85. The minimum atomic E-state index is -0.581. The van der Waals surface area contributed by atoms with E-state index in [-0.39, 0.29) is 37.3 Å². The van der Waals surface area contributed by atoms with E-state index in [0.717, 1.165) is 30.0 Å². The van der Waals surface area contributed by atoms with Crippen molar-refractivity contribution in [3.05, 3.63) is 18.2 Å². The molecule has 0 spiro atoms. The van der Waals surface area contributed by atoms with Crippen LogP contribution in [0.3, 0.4) is 0 Å². The van der Waals surface area contributed by atoms with E-state index >= 15 is 0 Å². The van der Waals surface area contributed by atoms with Crippen LogP contribution in [0, 0.1) is 0 Å². The number of likely N-dealkylation sites (tertiary alicyclic amines) is 1. The summed E-state index contributed by atoms with van der Waals surface area (Å²) in [6.45, 7) is 1.63. The standard InChI is InChI=1S/C17H27N3O4.2ClH/c1-22-11-16(18)17(21)20-6-4-12(5-7-20)19-13-8-14(23-2)10-15(9-13)24-3;;/h8-10,12,16,19H,4-7,11,18H2,1-3H3;2*1H. The molecule has 0 bridgehead atoms. The second kappa shape index (κ2) is 12.1. The molecule has 0 saturated carbocycles. The van der Waals surface area contributed by atoms with Gasteiger partial charge in [-0.25, -0.2) is 0 Å². The molecule has 0 aliphatic carbocycles. The van der Waals surface area contributed by atoms with Gasteiger partial charge in [-0.15, -0.1) is 24.8 Å². The Balaban J connectivity index is 0.00000312. The van der Waals surface area contributed by atoms with E-state index < -0.39 is 6.04 Å². The van der Waals surface area contributed by atoms with E-state index in [1.807, 2.05) is 23.1 Å².